The molecule has 2 bridgehead atoms. The zero-order valence-electron chi connectivity index (χ0n) is 11.6. The SMILES string of the molecule is COc1ccc(F)cc1CC(=O)C1CC2CCC(C1)S2. The van der Waals surface area contributed by atoms with Gasteiger partial charge in [-0.25, -0.2) is 4.39 Å². The highest BCUT2D eigenvalue weighted by Crippen LogP contribution is 2.46. The van der Waals surface area contributed by atoms with Gasteiger partial charge in [-0.2, -0.15) is 11.8 Å². The molecule has 2 aliphatic heterocycles. The van der Waals surface area contributed by atoms with Crippen LogP contribution in [0.15, 0.2) is 18.2 Å². The number of thioether (sulfide) groups is 1. The summed E-state index contributed by atoms with van der Waals surface area (Å²) in [6.45, 7) is 0. The molecule has 4 heteroatoms. The van der Waals surface area contributed by atoms with Gasteiger partial charge in [-0.3, -0.25) is 4.79 Å². The van der Waals surface area contributed by atoms with Gasteiger partial charge in [0.2, 0.25) is 0 Å². The van der Waals surface area contributed by atoms with Gasteiger partial charge < -0.3 is 4.74 Å². The minimum Gasteiger partial charge on any atom is -0.496 e. The molecule has 2 saturated heterocycles. The standard InChI is InChI=1S/C16H19FO2S/c1-19-16-5-2-12(17)6-11(16)9-15(18)10-7-13-3-4-14(8-10)20-13/h2,5-6,10,13-14H,3-4,7-9H2,1H3. The molecular formula is C16H19FO2S. The van der Waals surface area contributed by atoms with Crippen molar-refractivity contribution in [2.45, 2.75) is 42.6 Å². The highest BCUT2D eigenvalue weighted by molar-refractivity contribution is 8.00. The van der Waals surface area contributed by atoms with Crippen LogP contribution in [0.3, 0.4) is 0 Å². The molecule has 2 aliphatic rings. The lowest BCUT2D eigenvalue weighted by Gasteiger charge is -2.26. The second kappa shape index (κ2) is 5.76. The van der Waals surface area contributed by atoms with Gasteiger partial charge in [0, 0.05) is 28.4 Å². The number of hydrogen-bond acceptors (Lipinski definition) is 3. The van der Waals surface area contributed by atoms with E-state index in [-0.39, 0.29) is 23.9 Å². The van der Waals surface area contributed by atoms with Gasteiger partial charge in [-0.1, -0.05) is 0 Å². The number of Topliss-reactive ketones (excluding diaryl/α,β-unsaturated/α-hetero) is 1. The van der Waals surface area contributed by atoms with Crippen molar-refractivity contribution in [1.29, 1.82) is 0 Å². The summed E-state index contributed by atoms with van der Waals surface area (Å²) >= 11 is 2.05. The zero-order chi connectivity index (χ0) is 14.1. The Bertz CT molecular complexity index is 505. The Morgan fingerprint density at radius 3 is 2.70 bits per heavy atom. The van der Waals surface area contributed by atoms with E-state index >= 15 is 0 Å². The number of benzene rings is 1. The van der Waals surface area contributed by atoms with E-state index in [1.165, 1.54) is 25.0 Å². The summed E-state index contributed by atoms with van der Waals surface area (Å²) in [7, 11) is 1.55. The fourth-order valence-corrected chi connectivity index (χ4v) is 5.11. The van der Waals surface area contributed by atoms with Crippen LogP contribution in [0.25, 0.3) is 0 Å². The third-order valence-electron chi connectivity index (χ3n) is 4.35. The summed E-state index contributed by atoms with van der Waals surface area (Å²) in [6.07, 6.45) is 4.79. The van der Waals surface area contributed by atoms with Gasteiger partial charge in [0.1, 0.15) is 17.3 Å². The Kier molecular flexibility index (Phi) is 4.01. The van der Waals surface area contributed by atoms with Crippen LogP contribution in [0.5, 0.6) is 5.75 Å². The summed E-state index contributed by atoms with van der Waals surface area (Å²) in [5, 5.41) is 1.33. The lowest BCUT2D eigenvalue weighted by Crippen LogP contribution is -2.26. The van der Waals surface area contributed by atoms with Crippen molar-refractivity contribution < 1.29 is 13.9 Å². The first-order valence-corrected chi connectivity index (χ1v) is 8.10. The van der Waals surface area contributed by atoms with Crippen LogP contribution in [0.1, 0.15) is 31.2 Å². The molecule has 0 amide bonds. The number of ketones is 1. The maximum atomic E-state index is 13.3. The molecule has 2 unspecified atom stereocenters. The number of ether oxygens (including phenoxy) is 1. The molecular weight excluding hydrogens is 275 g/mol. The monoisotopic (exact) mass is 294 g/mol. The second-order valence-electron chi connectivity index (χ2n) is 5.73. The molecule has 0 radical (unpaired) electrons. The molecule has 2 atom stereocenters. The van der Waals surface area contributed by atoms with Crippen LogP contribution in [0.4, 0.5) is 4.39 Å². The molecule has 108 valence electrons. The average Bonchev–Trinajstić information content (AvgIpc) is 2.77. The third-order valence-corrected chi connectivity index (χ3v) is 5.98. The summed E-state index contributed by atoms with van der Waals surface area (Å²) in [4.78, 5) is 12.5. The number of halogens is 1. The second-order valence-corrected chi connectivity index (χ2v) is 7.33. The van der Waals surface area contributed by atoms with Crippen molar-refractivity contribution in [2.24, 2.45) is 5.92 Å². The number of rotatable bonds is 4. The first-order valence-electron chi connectivity index (χ1n) is 7.16. The fourth-order valence-electron chi connectivity index (χ4n) is 3.34. The molecule has 0 N–H and O–H groups in total. The van der Waals surface area contributed by atoms with Gasteiger partial charge in [0.25, 0.3) is 0 Å². The molecule has 2 heterocycles. The van der Waals surface area contributed by atoms with Gasteiger partial charge in [0.05, 0.1) is 7.11 Å². The van der Waals surface area contributed by atoms with Crippen molar-refractivity contribution in [3.05, 3.63) is 29.6 Å². The van der Waals surface area contributed by atoms with E-state index in [1.807, 2.05) is 0 Å². The third kappa shape index (κ3) is 2.85. The normalized spacial score (nSPS) is 28.4. The van der Waals surface area contributed by atoms with Crippen LogP contribution in [-0.2, 0) is 11.2 Å². The maximum Gasteiger partial charge on any atom is 0.140 e. The highest BCUT2D eigenvalue weighted by Gasteiger charge is 2.37. The van der Waals surface area contributed by atoms with Gasteiger partial charge in [-0.15, -0.1) is 0 Å². The Labute approximate surface area is 123 Å². The highest BCUT2D eigenvalue weighted by atomic mass is 32.2. The Morgan fingerprint density at radius 1 is 1.35 bits per heavy atom. The summed E-state index contributed by atoms with van der Waals surface area (Å²) in [5.41, 5.74) is 0.670. The first kappa shape index (κ1) is 13.9. The average molecular weight is 294 g/mol. The van der Waals surface area contributed by atoms with E-state index in [1.54, 1.807) is 13.2 Å². The molecule has 3 rings (SSSR count). The van der Waals surface area contributed by atoms with E-state index in [0.717, 1.165) is 12.8 Å². The lowest BCUT2D eigenvalue weighted by atomic mass is 9.90. The number of carbonyl (C=O) groups excluding carboxylic acids is 1. The number of hydrogen-bond donors (Lipinski definition) is 0. The van der Waals surface area contributed by atoms with Crippen molar-refractivity contribution in [3.8, 4) is 5.75 Å². The van der Waals surface area contributed by atoms with E-state index in [2.05, 4.69) is 11.8 Å². The van der Waals surface area contributed by atoms with Crippen LogP contribution in [0.2, 0.25) is 0 Å². The van der Waals surface area contributed by atoms with E-state index in [9.17, 15) is 9.18 Å². The lowest BCUT2D eigenvalue weighted by molar-refractivity contribution is -0.122. The van der Waals surface area contributed by atoms with Gasteiger partial charge in [0.15, 0.2) is 0 Å². The molecule has 2 nitrogen and oxygen atoms in total. The number of fused-ring (bicyclic) bond motifs is 2. The van der Waals surface area contributed by atoms with Crippen LogP contribution < -0.4 is 4.74 Å². The molecule has 0 aliphatic carbocycles. The molecule has 1 aromatic carbocycles. The molecule has 1 aromatic rings. The molecule has 20 heavy (non-hydrogen) atoms. The Morgan fingerprint density at radius 2 is 2.05 bits per heavy atom. The van der Waals surface area contributed by atoms with Crippen molar-refractivity contribution in [1.82, 2.24) is 0 Å². The topological polar surface area (TPSA) is 26.3 Å². The minimum absolute atomic E-state index is 0.154. The van der Waals surface area contributed by atoms with Crippen LogP contribution >= 0.6 is 11.8 Å². The number of carbonyl (C=O) groups is 1. The molecule has 0 aromatic heterocycles. The Balaban J connectivity index is 1.71. The van der Waals surface area contributed by atoms with Crippen molar-refractivity contribution >= 4 is 17.5 Å². The quantitative estimate of drug-likeness (QED) is 0.848. The predicted octanol–water partition coefficient (Wildman–Crippen LogP) is 3.62. The van der Waals surface area contributed by atoms with E-state index in [4.69, 9.17) is 4.74 Å². The largest absolute Gasteiger partial charge is 0.496 e. The zero-order valence-corrected chi connectivity index (χ0v) is 12.4. The molecule has 2 fully saturated rings. The van der Waals surface area contributed by atoms with Crippen molar-refractivity contribution in [2.75, 3.05) is 7.11 Å². The van der Waals surface area contributed by atoms with Crippen LogP contribution in [0, 0.1) is 11.7 Å². The van der Waals surface area contributed by atoms with E-state index < -0.39 is 0 Å². The molecule has 0 saturated carbocycles. The van der Waals surface area contributed by atoms with Gasteiger partial charge in [-0.05, 0) is 43.9 Å². The Hall–Kier alpha value is -1.03. The van der Waals surface area contributed by atoms with Crippen LogP contribution in [-0.4, -0.2) is 23.4 Å². The van der Waals surface area contributed by atoms with E-state index in [0.29, 0.717) is 21.8 Å². The fraction of sp³-hybridized carbons (Fsp3) is 0.562. The summed E-state index contributed by atoms with van der Waals surface area (Å²) < 4.78 is 18.6. The predicted molar refractivity (Wildman–Crippen MR) is 78.8 cm³/mol. The van der Waals surface area contributed by atoms with Gasteiger partial charge >= 0.3 is 0 Å². The molecule has 0 spiro atoms. The minimum atomic E-state index is -0.312. The summed E-state index contributed by atoms with van der Waals surface area (Å²) in [6, 6.07) is 4.38. The van der Waals surface area contributed by atoms with Crippen molar-refractivity contribution in [3.63, 3.8) is 0 Å². The smallest absolute Gasteiger partial charge is 0.140 e. The number of methoxy groups -OCH3 is 1. The summed E-state index contributed by atoms with van der Waals surface area (Å²) in [5.74, 6) is 0.689. The maximum absolute atomic E-state index is 13.3. The first-order chi connectivity index (χ1) is 9.65.